The van der Waals surface area contributed by atoms with E-state index in [9.17, 15) is 0 Å². The number of hydrogen-bond donors (Lipinski definition) is 1. The zero-order valence-electron chi connectivity index (χ0n) is 13.2. The fourth-order valence-corrected chi connectivity index (χ4v) is 3.74. The summed E-state index contributed by atoms with van der Waals surface area (Å²) in [6.45, 7) is 7.58. The first-order chi connectivity index (χ1) is 10.2. The van der Waals surface area contributed by atoms with Crippen molar-refractivity contribution in [1.29, 1.82) is 0 Å². The van der Waals surface area contributed by atoms with E-state index >= 15 is 0 Å². The van der Waals surface area contributed by atoms with Crippen LogP contribution in [0.5, 0.6) is 0 Å². The van der Waals surface area contributed by atoms with Gasteiger partial charge in [0, 0.05) is 17.5 Å². The summed E-state index contributed by atoms with van der Waals surface area (Å²) < 4.78 is 0. The lowest BCUT2D eigenvalue weighted by atomic mass is 10.0. The largest absolute Gasteiger partial charge is 0.310 e. The first-order valence-corrected chi connectivity index (χ1v) is 8.79. The molecule has 1 atom stereocenters. The Morgan fingerprint density at radius 2 is 1.62 bits per heavy atom. The van der Waals surface area contributed by atoms with Crippen LogP contribution in [-0.4, -0.2) is 12.3 Å². The molecule has 2 heteroatoms. The van der Waals surface area contributed by atoms with Crippen molar-refractivity contribution in [2.45, 2.75) is 32.6 Å². The van der Waals surface area contributed by atoms with Crippen LogP contribution in [0.3, 0.4) is 0 Å². The molecule has 0 aromatic heterocycles. The minimum Gasteiger partial charge on any atom is -0.310 e. The van der Waals surface area contributed by atoms with Crippen molar-refractivity contribution in [3.05, 3.63) is 70.8 Å². The van der Waals surface area contributed by atoms with Crippen molar-refractivity contribution in [3.63, 3.8) is 0 Å². The minimum absolute atomic E-state index is 0.435. The molecule has 1 nitrogen and oxygen atoms in total. The van der Waals surface area contributed by atoms with Crippen molar-refractivity contribution in [2.75, 3.05) is 12.3 Å². The summed E-state index contributed by atoms with van der Waals surface area (Å²) in [5.41, 5.74) is 5.64. The van der Waals surface area contributed by atoms with Crippen LogP contribution in [0.25, 0.3) is 0 Å². The number of nitrogens with one attached hydrogen (secondary N) is 1. The SMILES string of the molecule is CCNC(CSCc1ccccc1C)c1ccccc1C. The molecule has 0 bridgehead atoms. The van der Waals surface area contributed by atoms with Gasteiger partial charge in [0.05, 0.1) is 0 Å². The van der Waals surface area contributed by atoms with Crippen LogP contribution in [0, 0.1) is 13.8 Å². The molecule has 21 heavy (non-hydrogen) atoms. The molecule has 0 saturated heterocycles. The molecule has 0 heterocycles. The van der Waals surface area contributed by atoms with Crippen LogP contribution in [-0.2, 0) is 5.75 Å². The second-order valence-electron chi connectivity index (χ2n) is 5.41. The Bertz CT molecular complexity index is 565. The number of hydrogen-bond acceptors (Lipinski definition) is 2. The number of thioether (sulfide) groups is 1. The van der Waals surface area contributed by atoms with Crippen molar-refractivity contribution < 1.29 is 0 Å². The first-order valence-electron chi connectivity index (χ1n) is 7.63. The van der Waals surface area contributed by atoms with Crippen LogP contribution >= 0.6 is 11.8 Å². The standard InChI is InChI=1S/C19H25NS/c1-4-20-19(18-12-8-6-10-16(18)3)14-21-13-17-11-7-5-9-15(17)2/h5-12,19-20H,4,13-14H2,1-3H3. The summed E-state index contributed by atoms with van der Waals surface area (Å²) in [5, 5.41) is 3.62. The average Bonchev–Trinajstić information content (AvgIpc) is 2.49. The monoisotopic (exact) mass is 299 g/mol. The van der Waals surface area contributed by atoms with Gasteiger partial charge in [-0.15, -0.1) is 0 Å². The van der Waals surface area contributed by atoms with Crippen LogP contribution in [0.15, 0.2) is 48.5 Å². The lowest BCUT2D eigenvalue weighted by Crippen LogP contribution is -2.23. The van der Waals surface area contributed by atoms with Gasteiger partial charge in [0.2, 0.25) is 0 Å². The molecular formula is C19H25NS. The maximum atomic E-state index is 3.62. The minimum atomic E-state index is 0.435. The Balaban J connectivity index is 1.98. The molecule has 0 saturated carbocycles. The maximum absolute atomic E-state index is 3.62. The number of benzene rings is 2. The van der Waals surface area contributed by atoms with Crippen molar-refractivity contribution in [3.8, 4) is 0 Å². The molecule has 0 aliphatic rings. The molecule has 1 N–H and O–H groups in total. The fourth-order valence-electron chi connectivity index (χ4n) is 2.54. The van der Waals surface area contributed by atoms with E-state index in [1.807, 2.05) is 11.8 Å². The van der Waals surface area contributed by atoms with Gasteiger partial charge in [0.15, 0.2) is 0 Å². The molecule has 0 spiro atoms. The fraction of sp³-hybridized carbons (Fsp3) is 0.368. The lowest BCUT2D eigenvalue weighted by molar-refractivity contribution is 0.603. The van der Waals surface area contributed by atoms with E-state index in [2.05, 4.69) is 74.6 Å². The van der Waals surface area contributed by atoms with Crippen molar-refractivity contribution >= 4 is 11.8 Å². The normalized spacial score (nSPS) is 12.3. The quantitative estimate of drug-likeness (QED) is 0.781. The third-order valence-corrected chi connectivity index (χ3v) is 4.90. The van der Waals surface area contributed by atoms with E-state index in [1.54, 1.807) is 0 Å². The number of rotatable bonds is 7. The smallest absolute Gasteiger partial charge is 0.0414 e. The maximum Gasteiger partial charge on any atom is 0.0414 e. The molecule has 0 fully saturated rings. The van der Waals surface area contributed by atoms with E-state index in [0.29, 0.717) is 6.04 Å². The van der Waals surface area contributed by atoms with Crippen molar-refractivity contribution in [2.24, 2.45) is 0 Å². The van der Waals surface area contributed by atoms with Gasteiger partial charge in [-0.3, -0.25) is 0 Å². The molecule has 112 valence electrons. The molecule has 0 aliphatic heterocycles. The Morgan fingerprint density at radius 1 is 0.952 bits per heavy atom. The third-order valence-electron chi connectivity index (χ3n) is 3.82. The summed E-state index contributed by atoms with van der Waals surface area (Å²) in [4.78, 5) is 0. The molecule has 0 amide bonds. The van der Waals surface area contributed by atoms with Gasteiger partial charge in [0.1, 0.15) is 0 Å². The van der Waals surface area contributed by atoms with Crippen molar-refractivity contribution in [1.82, 2.24) is 5.32 Å². The van der Waals surface area contributed by atoms with Crippen LogP contribution in [0.2, 0.25) is 0 Å². The van der Waals surface area contributed by atoms with Crippen LogP contribution < -0.4 is 5.32 Å². The van der Waals surface area contributed by atoms with Gasteiger partial charge >= 0.3 is 0 Å². The van der Waals surface area contributed by atoms with Gasteiger partial charge in [-0.25, -0.2) is 0 Å². The molecular weight excluding hydrogens is 274 g/mol. The zero-order chi connectivity index (χ0) is 15.1. The highest BCUT2D eigenvalue weighted by molar-refractivity contribution is 7.98. The second kappa shape index (κ2) is 8.26. The topological polar surface area (TPSA) is 12.0 Å². The van der Waals surface area contributed by atoms with Gasteiger partial charge in [-0.1, -0.05) is 55.5 Å². The molecule has 2 aromatic carbocycles. The van der Waals surface area contributed by atoms with E-state index in [-0.39, 0.29) is 0 Å². The molecule has 2 rings (SSSR count). The third kappa shape index (κ3) is 4.62. The van der Waals surface area contributed by atoms with Gasteiger partial charge in [-0.05, 0) is 42.6 Å². The Morgan fingerprint density at radius 3 is 2.29 bits per heavy atom. The van der Waals surface area contributed by atoms with Crippen LogP contribution in [0.1, 0.15) is 35.2 Å². The Hall–Kier alpha value is -1.25. The summed E-state index contributed by atoms with van der Waals surface area (Å²) in [5.74, 6) is 2.19. The van der Waals surface area contributed by atoms with E-state index < -0.39 is 0 Å². The Kier molecular flexibility index (Phi) is 6.34. The summed E-state index contributed by atoms with van der Waals surface area (Å²) in [7, 11) is 0. The average molecular weight is 299 g/mol. The van der Waals surface area contributed by atoms with E-state index in [4.69, 9.17) is 0 Å². The summed E-state index contributed by atoms with van der Waals surface area (Å²) in [6.07, 6.45) is 0. The first kappa shape index (κ1) is 16.1. The van der Waals surface area contributed by atoms with Gasteiger partial charge in [0.25, 0.3) is 0 Å². The van der Waals surface area contributed by atoms with Crippen LogP contribution in [0.4, 0.5) is 0 Å². The van der Waals surface area contributed by atoms with Gasteiger partial charge < -0.3 is 5.32 Å². The molecule has 0 radical (unpaired) electrons. The van der Waals surface area contributed by atoms with E-state index in [0.717, 1.165) is 18.1 Å². The zero-order valence-corrected chi connectivity index (χ0v) is 14.0. The number of aryl methyl sites for hydroxylation is 2. The molecule has 2 aromatic rings. The summed E-state index contributed by atoms with van der Waals surface area (Å²) in [6, 6.07) is 17.8. The molecule has 1 unspecified atom stereocenters. The predicted molar refractivity (Wildman–Crippen MR) is 94.9 cm³/mol. The lowest BCUT2D eigenvalue weighted by Gasteiger charge is -2.20. The summed E-state index contributed by atoms with van der Waals surface area (Å²) >= 11 is 2.01. The highest BCUT2D eigenvalue weighted by Gasteiger charge is 2.12. The van der Waals surface area contributed by atoms with Gasteiger partial charge in [-0.2, -0.15) is 11.8 Å². The second-order valence-corrected chi connectivity index (χ2v) is 6.44. The predicted octanol–water partition coefficient (Wildman–Crippen LogP) is 4.89. The highest BCUT2D eigenvalue weighted by Crippen LogP contribution is 2.24. The highest BCUT2D eigenvalue weighted by atomic mass is 32.2. The Labute approximate surface area is 133 Å². The van der Waals surface area contributed by atoms with E-state index in [1.165, 1.54) is 22.3 Å². The molecule has 0 aliphatic carbocycles.